The second-order valence-electron chi connectivity index (χ2n) is 5.29. The van der Waals surface area contributed by atoms with Crippen molar-refractivity contribution < 1.29 is 17.2 Å². The molecule has 1 unspecified atom stereocenters. The van der Waals surface area contributed by atoms with Gasteiger partial charge in [-0.2, -0.15) is 8.42 Å². The van der Waals surface area contributed by atoms with Crippen molar-refractivity contribution in [3.63, 3.8) is 0 Å². The van der Waals surface area contributed by atoms with Gasteiger partial charge in [0.15, 0.2) is 0 Å². The van der Waals surface area contributed by atoms with Crippen LogP contribution in [0.5, 0.6) is 0 Å². The zero-order chi connectivity index (χ0) is 15.3. The van der Waals surface area contributed by atoms with E-state index in [2.05, 4.69) is 17.7 Å². The molecule has 0 aromatic carbocycles. The highest BCUT2D eigenvalue weighted by Crippen LogP contribution is 2.15. The largest absolute Gasteiger partial charge is 0.397 e. The van der Waals surface area contributed by atoms with Crippen LogP contribution in [0, 0.1) is 0 Å². The van der Waals surface area contributed by atoms with Gasteiger partial charge in [0, 0.05) is 0 Å². The Hall–Kier alpha value is -0.390. The van der Waals surface area contributed by atoms with Crippen molar-refractivity contribution >= 4 is 10.4 Å². The Kier molecular flexibility index (Phi) is 12.1. The first-order chi connectivity index (χ1) is 9.49. The van der Waals surface area contributed by atoms with Crippen molar-refractivity contribution in [2.45, 2.75) is 83.7 Å². The van der Waals surface area contributed by atoms with Gasteiger partial charge in [0.05, 0.1) is 6.10 Å². The summed E-state index contributed by atoms with van der Waals surface area (Å²) in [4.78, 5) is 0. The summed E-state index contributed by atoms with van der Waals surface area (Å²) in [6, 6.07) is 0. The molecule has 0 aliphatic carbocycles. The molecule has 120 valence electrons. The molecule has 0 aliphatic heterocycles. The molecular formula is C15H30O4S. The first-order valence-electron chi connectivity index (χ1n) is 7.76. The second-order valence-corrected chi connectivity index (χ2v) is 6.34. The SMILES string of the molecule is C=CCC(CCCCCCCCCCC)OS(=O)(=O)O. The van der Waals surface area contributed by atoms with Gasteiger partial charge in [0.25, 0.3) is 0 Å². The van der Waals surface area contributed by atoms with E-state index in [1.807, 2.05) is 0 Å². The number of hydrogen-bond acceptors (Lipinski definition) is 3. The summed E-state index contributed by atoms with van der Waals surface area (Å²) in [5.41, 5.74) is 0. The van der Waals surface area contributed by atoms with Gasteiger partial charge >= 0.3 is 10.4 Å². The molecule has 1 N–H and O–H groups in total. The standard InChI is InChI=1S/C15H30O4S/c1-3-5-6-7-8-9-10-11-12-14-15(13-4-2)19-20(16,17)18/h4,15H,2-3,5-14H2,1H3,(H,16,17,18). The minimum Gasteiger partial charge on any atom is -0.264 e. The average molecular weight is 306 g/mol. The average Bonchev–Trinajstić information content (AvgIpc) is 2.35. The highest BCUT2D eigenvalue weighted by atomic mass is 32.3. The zero-order valence-electron chi connectivity index (χ0n) is 12.7. The summed E-state index contributed by atoms with van der Waals surface area (Å²) in [6.07, 6.45) is 13.2. The van der Waals surface area contributed by atoms with Crippen LogP contribution >= 0.6 is 0 Å². The summed E-state index contributed by atoms with van der Waals surface area (Å²) < 4.78 is 34.6. The number of unbranched alkanes of at least 4 members (excludes halogenated alkanes) is 8. The van der Waals surface area contributed by atoms with Crippen LogP contribution in [-0.2, 0) is 14.6 Å². The minimum atomic E-state index is -4.35. The summed E-state index contributed by atoms with van der Waals surface area (Å²) >= 11 is 0. The lowest BCUT2D eigenvalue weighted by molar-refractivity contribution is 0.172. The fourth-order valence-corrected chi connectivity index (χ4v) is 2.76. The maximum atomic E-state index is 10.7. The molecule has 0 rings (SSSR count). The van der Waals surface area contributed by atoms with E-state index in [4.69, 9.17) is 4.55 Å². The molecular weight excluding hydrogens is 276 g/mol. The maximum absolute atomic E-state index is 10.7. The Labute approximate surface area is 124 Å². The van der Waals surface area contributed by atoms with Gasteiger partial charge in [-0.15, -0.1) is 6.58 Å². The lowest BCUT2D eigenvalue weighted by Gasteiger charge is -2.13. The van der Waals surface area contributed by atoms with Crippen LogP contribution in [-0.4, -0.2) is 19.1 Å². The molecule has 0 saturated heterocycles. The van der Waals surface area contributed by atoms with Gasteiger partial charge in [-0.05, 0) is 12.8 Å². The van der Waals surface area contributed by atoms with Crippen molar-refractivity contribution in [3.8, 4) is 0 Å². The topological polar surface area (TPSA) is 63.6 Å². The molecule has 0 amide bonds. The number of hydrogen-bond donors (Lipinski definition) is 1. The molecule has 0 heterocycles. The molecule has 0 aromatic heterocycles. The predicted molar refractivity (Wildman–Crippen MR) is 83.1 cm³/mol. The molecule has 0 bridgehead atoms. The third-order valence-corrected chi connectivity index (χ3v) is 3.83. The third kappa shape index (κ3) is 14.0. The maximum Gasteiger partial charge on any atom is 0.397 e. The normalized spacial score (nSPS) is 13.3. The van der Waals surface area contributed by atoms with Gasteiger partial charge in [-0.1, -0.05) is 70.8 Å². The van der Waals surface area contributed by atoms with Crippen LogP contribution in [0.25, 0.3) is 0 Å². The molecule has 0 radical (unpaired) electrons. The van der Waals surface area contributed by atoms with E-state index in [1.165, 1.54) is 44.9 Å². The lowest BCUT2D eigenvalue weighted by atomic mass is 10.0. The molecule has 0 saturated carbocycles. The fraction of sp³-hybridized carbons (Fsp3) is 0.867. The van der Waals surface area contributed by atoms with Crippen molar-refractivity contribution in [1.29, 1.82) is 0 Å². The van der Waals surface area contributed by atoms with Crippen molar-refractivity contribution in [1.82, 2.24) is 0 Å². The van der Waals surface area contributed by atoms with Crippen molar-refractivity contribution in [2.24, 2.45) is 0 Å². The van der Waals surface area contributed by atoms with Gasteiger partial charge < -0.3 is 0 Å². The van der Waals surface area contributed by atoms with E-state index in [1.54, 1.807) is 6.08 Å². The Balaban J connectivity index is 3.56. The Morgan fingerprint density at radius 2 is 1.55 bits per heavy atom. The van der Waals surface area contributed by atoms with E-state index in [-0.39, 0.29) is 0 Å². The van der Waals surface area contributed by atoms with Gasteiger partial charge in [0.2, 0.25) is 0 Å². The van der Waals surface area contributed by atoms with Gasteiger partial charge in [0.1, 0.15) is 0 Å². The minimum absolute atomic E-state index is 0.441. The quantitative estimate of drug-likeness (QED) is 0.288. The van der Waals surface area contributed by atoms with Crippen LogP contribution in [0.15, 0.2) is 12.7 Å². The Morgan fingerprint density at radius 1 is 1.05 bits per heavy atom. The van der Waals surface area contributed by atoms with Gasteiger partial charge in [-0.25, -0.2) is 4.18 Å². The summed E-state index contributed by atoms with van der Waals surface area (Å²) in [6.45, 7) is 5.78. The molecule has 1 atom stereocenters. The molecule has 4 nitrogen and oxygen atoms in total. The monoisotopic (exact) mass is 306 g/mol. The van der Waals surface area contributed by atoms with Crippen molar-refractivity contribution in [2.75, 3.05) is 0 Å². The summed E-state index contributed by atoms with van der Waals surface area (Å²) in [7, 11) is -4.35. The molecule has 0 fully saturated rings. The molecule has 5 heteroatoms. The molecule has 0 aromatic rings. The summed E-state index contributed by atoms with van der Waals surface area (Å²) in [5.74, 6) is 0. The van der Waals surface area contributed by atoms with Crippen LogP contribution in [0.1, 0.15) is 77.6 Å². The van der Waals surface area contributed by atoms with Crippen LogP contribution in [0.3, 0.4) is 0 Å². The fourth-order valence-electron chi connectivity index (χ4n) is 2.25. The Morgan fingerprint density at radius 3 is 2.00 bits per heavy atom. The van der Waals surface area contributed by atoms with Crippen LogP contribution in [0.2, 0.25) is 0 Å². The zero-order valence-corrected chi connectivity index (χ0v) is 13.5. The second kappa shape index (κ2) is 12.4. The molecule has 0 spiro atoms. The Bertz CT molecular complexity index is 325. The predicted octanol–water partition coefficient (Wildman–Crippen LogP) is 4.67. The van der Waals surface area contributed by atoms with E-state index in [9.17, 15) is 8.42 Å². The first kappa shape index (κ1) is 19.6. The van der Waals surface area contributed by atoms with E-state index in [0.717, 1.165) is 12.8 Å². The van der Waals surface area contributed by atoms with E-state index < -0.39 is 16.5 Å². The van der Waals surface area contributed by atoms with Gasteiger partial charge in [-0.3, -0.25) is 4.55 Å². The smallest absolute Gasteiger partial charge is 0.264 e. The van der Waals surface area contributed by atoms with Crippen molar-refractivity contribution in [3.05, 3.63) is 12.7 Å². The highest BCUT2D eigenvalue weighted by molar-refractivity contribution is 7.80. The molecule has 20 heavy (non-hydrogen) atoms. The third-order valence-electron chi connectivity index (χ3n) is 3.32. The van der Waals surface area contributed by atoms with Crippen LogP contribution in [0.4, 0.5) is 0 Å². The lowest BCUT2D eigenvalue weighted by Crippen LogP contribution is -2.17. The summed E-state index contributed by atoms with van der Waals surface area (Å²) in [5, 5.41) is 0. The van der Waals surface area contributed by atoms with E-state index in [0.29, 0.717) is 12.8 Å². The van der Waals surface area contributed by atoms with Crippen LogP contribution < -0.4 is 0 Å². The van der Waals surface area contributed by atoms with E-state index >= 15 is 0 Å². The number of rotatable bonds is 14. The highest BCUT2D eigenvalue weighted by Gasteiger charge is 2.15. The first-order valence-corrected chi connectivity index (χ1v) is 9.12. The molecule has 0 aliphatic rings.